The first-order valence-corrected chi connectivity index (χ1v) is 14.0. The summed E-state index contributed by atoms with van der Waals surface area (Å²) in [6, 6.07) is 31.9. The van der Waals surface area contributed by atoms with Crippen molar-refractivity contribution in [3.8, 4) is 0 Å². The van der Waals surface area contributed by atoms with Crippen LogP contribution in [0.5, 0.6) is 0 Å². The van der Waals surface area contributed by atoms with Gasteiger partial charge in [0.2, 0.25) is 0 Å². The van der Waals surface area contributed by atoms with E-state index in [-0.39, 0.29) is 35.9 Å². The van der Waals surface area contributed by atoms with Crippen LogP contribution in [0.2, 0.25) is 0 Å². The van der Waals surface area contributed by atoms with E-state index in [4.69, 9.17) is 9.47 Å². The maximum absolute atomic E-state index is 12.2. The van der Waals surface area contributed by atoms with Crippen LogP contribution in [0.25, 0.3) is 0 Å². The molecule has 0 saturated heterocycles. The Balaban J connectivity index is 0.00000456. The Bertz CT molecular complexity index is 976. The van der Waals surface area contributed by atoms with E-state index < -0.39 is 19.0 Å². The molecule has 3 rings (SSSR count). The van der Waals surface area contributed by atoms with Crippen LogP contribution in [0.4, 0.5) is 4.79 Å². The molecule has 0 aliphatic rings. The van der Waals surface area contributed by atoms with Gasteiger partial charge in [-0.25, -0.2) is 4.79 Å². The van der Waals surface area contributed by atoms with E-state index in [2.05, 4.69) is 78.1 Å². The Hall–Kier alpha value is -2.69. The summed E-state index contributed by atoms with van der Waals surface area (Å²) in [5, 5.41) is 6.52. The van der Waals surface area contributed by atoms with Crippen LogP contribution in [-0.4, -0.2) is 37.0 Å². The monoisotopic (exact) mass is 571 g/mol. The minimum Gasteiger partial charge on any atom is -1.00 e. The Morgan fingerprint density at radius 3 is 1.64 bits per heavy atom. The van der Waals surface area contributed by atoms with Crippen molar-refractivity contribution in [3.05, 3.63) is 91.0 Å². The van der Waals surface area contributed by atoms with Gasteiger partial charge in [-0.1, -0.05) is 54.6 Å². The predicted molar refractivity (Wildman–Crippen MR) is 144 cm³/mol. The lowest BCUT2D eigenvalue weighted by Crippen LogP contribution is -3.00. The number of halogens is 1. The zero-order valence-corrected chi connectivity index (χ0v) is 23.6. The molecule has 36 heavy (non-hydrogen) atoms. The molecule has 0 aliphatic heterocycles. The fraction of sp³-hybridized carbons (Fsp3) is 0.310. The van der Waals surface area contributed by atoms with Crippen LogP contribution in [0.1, 0.15) is 33.6 Å². The van der Waals surface area contributed by atoms with Gasteiger partial charge in [0, 0.05) is 13.0 Å². The second-order valence-electron chi connectivity index (χ2n) is 9.29. The van der Waals surface area contributed by atoms with Gasteiger partial charge in [-0.05, 0) is 57.2 Å². The number of amides is 1. The second kappa shape index (κ2) is 14.2. The first kappa shape index (κ1) is 29.5. The third kappa shape index (κ3) is 8.46. The number of rotatable bonds is 10. The maximum Gasteiger partial charge on any atom is 0.407 e. The molecule has 0 fully saturated rings. The third-order valence-corrected chi connectivity index (χ3v) is 10.0. The number of benzene rings is 3. The van der Waals surface area contributed by atoms with Crippen LogP contribution < -0.4 is 38.2 Å². The van der Waals surface area contributed by atoms with E-state index in [1.165, 1.54) is 15.9 Å². The Kier molecular flexibility index (Phi) is 11.6. The van der Waals surface area contributed by atoms with Gasteiger partial charge < -0.3 is 31.8 Å². The summed E-state index contributed by atoms with van der Waals surface area (Å²) in [5.74, 6) is -0.330. The van der Waals surface area contributed by atoms with Gasteiger partial charge in [0.15, 0.2) is 0 Å². The van der Waals surface area contributed by atoms with Gasteiger partial charge in [-0.3, -0.25) is 4.79 Å². The van der Waals surface area contributed by atoms with Crippen molar-refractivity contribution in [2.75, 3.05) is 19.3 Å². The van der Waals surface area contributed by atoms with Crippen LogP contribution in [-0.2, 0) is 14.3 Å². The van der Waals surface area contributed by atoms with Crippen molar-refractivity contribution in [1.82, 2.24) is 5.32 Å². The topological polar surface area (TPSA) is 64.6 Å². The Morgan fingerprint density at radius 1 is 0.778 bits per heavy atom. The molecule has 0 spiro atoms. The average molecular weight is 572 g/mol. The quantitative estimate of drug-likeness (QED) is 0.229. The van der Waals surface area contributed by atoms with Gasteiger partial charge in [0.1, 0.15) is 28.8 Å². The molecule has 1 N–H and O–H groups in total. The number of hydrogen-bond acceptors (Lipinski definition) is 4. The minimum absolute atomic E-state index is 0. The lowest BCUT2D eigenvalue weighted by atomic mass is 10.2. The molecular weight excluding hydrogens is 537 g/mol. The minimum atomic E-state index is -1.93. The van der Waals surface area contributed by atoms with Crippen LogP contribution >= 0.6 is 7.26 Å². The molecule has 3 aromatic rings. The van der Waals surface area contributed by atoms with Crippen molar-refractivity contribution in [3.63, 3.8) is 0 Å². The van der Waals surface area contributed by atoms with E-state index >= 15 is 0 Å². The molecule has 0 saturated carbocycles. The Labute approximate surface area is 225 Å². The first-order valence-electron chi connectivity index (χ1n) is 12.0. The van der Waals surface area contributed by atoms with Crippen LogP contribution in [0.3, 0.4) is 0 Å². The molecule has 7 heteroatoms. The lowest BCUT2D eigenvalue weighted by molar-refractivity contribution is -0.143. The van der Waals surface area contributed by atoms with Crippen LogP contribution in [0, 0.1) is 0 Å². The highest BCUT2D eigenvalue weighted by Gasteiger charge is 2.44. The fourth-order valence-electron chi connectivity index (χ4n) is 4.02. The van der Waals surface area contributed by atoms with E-state index in [1.807, 2.05) is 18.2 Å². The summed E-state index contributed by atoms with van der Waals surface area (Å²) in [4.78, 5) is 24.0. The summed E-state index contributed by atoms with van der Waals surface area (Å²) >= 11 is 0. The highest BCUT2D eigenvalue weighted by atomic mass is 79.9. The third-order valence-electron chi connectivity index (χ3n) is 5.49. The summed E-state index contributed by atoms with van der Waals surface area (Å²) in [7, 11) is -1.93. The summed E-state index contributed by atoms with van der Waals surface area (Å²) in [6.07, 6.45) is 1.19. The number of ether oxygens (including phenoxy) is 2. The molecule has 0 aliphatic carbocycles. The number of esters is 1. The highest BCUT2D eigenvalue weighted by Crippen LogP contribution is 2.55. The number of nitrogens with one attached hydrogen (secondary N) is 1. The van der Waals surface area contributed by atoms with E-state index in [0.29, 0.717) is 6.61 Å². The molecule has 192 valence electrons. The van der Waals surface area contributed by atoms with Gasteiger partial charge >= 0.3 is 12.1 Å². The van der Waals surface area contributed by atoms with Crippen molar-refractivity contribution < 1.29 is 36.0 Å². The van der Waals surface area contributed by atoms with Gasteiger partial charge in [-0.2, -0.15) is 0 Å². The van der Waals surface area contributed by atoms with E-state index in [1.54, 1.807) is 20.8 Å². The van der Waals surface area contributed by atoms with Crippen molar-refractivity contribution >= 4 is 35.2 Å². The molecule has 0 unspecified atom stereocenters. The van der Waals surface area contributed by atoms with Gasteiger partial charge in [-0.15, -0.1) is 0 Å². The zero-order valence-electron chi connectivity index (χ0n) is 21.2. The summed E-state index contributed by atoms with van der Waals surface area (Å²) in [5.41, 5.74) is -0.573. The van der Waals surface area contributed by atoms with Crippen molar-refractivity contribution in [2.45, 2.75) is 39.2 Å². The summed E-state index contributed by atoms with van der Waals surface area (Å²) < 4.78 is 10.7. The molecule has 1 amide bonds. The molecule has 0 bridgehead atoms. The molecule has 0 aromatic heterocycles. The Morgan fingerprint density at radius 2 is 1.22 bits per heavy atom. The number of alkyl carbamates (subject to hydrolysis) is 1. The van der Waals surface area contributed by atoms with Crippen molar-refractivity contribution in [2.24, 2.45) is 0 Å². The molecule has 0 radical (unpaired) electrons. The summed E-state index contributed by atoms with van der Waals surface area (Å²) in [6.45, 7) is 5.90. The standard InChI is InChI=1S/C29H34NO4P.BrH/c1-29(2,3)34-28(32)30-21-20-27(31)33-22-13-23-35(24-14-7-4-8-15-24,25-16-9-5-10-17-25)26-18-11-6-12-19-26;/h4-12,14-19H,13,20-23H2,1-3H3;1H. The van der Waals surface area contributed by atoms with E-state index in [0.717, 1.165) is 12.6 Å². The maximum atomic E-state index is 12.2. The van der Waals surface area contributed by atoms with Crippen molar-refractivity contribution in [1.29, 1.82) is 0 Å². The van der Waals surface area contributed by atoms with Crippen LogP contribution in [0.15, 0.2) is 91.0 Å². The average Bonchev–Trinajstić information content (AvgIpc) is 2.85. The van der Waals surface area contributed by atoms with E-state index in [9.17, 15) is 9.59 Å². The first-order chi connectivity index (χ1) is 16.8. The number of hydrogen-bond donors (Lipinski definition) is 1. The molecule has 0 heterocycles. The molecule has 3 aromatic carbocycles. The second-order valence-corrected chi connectivity index (χ2v) is 12.9. The zero-order chi connectivity index (χ0) is 25.2. The van der Waals surface area contributed by atoms with Gasteiger partial charge in [0.25, 0.3) is 0 Å². The predicted octanol–water partition coefficient (Wildman–Crippen LogP) is 1.83. The largest absolute Gasteiger partial charge is 1.00 e. The molecule has 0 atom stereocenters. The normalized spacial score (nSPS) is 11.2. The smallest absolute Gasteiger partial charge is 0.407 e. The molecule has 5 nitrogen and oxygen atoms in total. The highest BCUT2D eigenvalue weighted by molar-refractivity contribution is 7.95. The number of carbonyl (C=O) groups excluding carboxylic acids is 2. The fourth-order valence-corrected chi connectivity index (χ4v) is 8.34. The molecular formula is C29H35BrNO4P. The van der Waals surface area contributed by atoms with Gasteiger partial charge in [0.05, 0.1) is 19.2 Å². The SMILES string of the molecule is CC(C)(C)OC(=O)NCCC(=O)OCCC[P+](c1ccccc1)(c1ccccc1)c1ccccc1.[Br-]. The lowest BCUT2D eigenvalue weighted by Gasteiger charge is -2.27. The number of carbonyl (C=O) groups is 2.